The number of nitro benzene ring substituents is 1. The van der Waals surface area contributed by atoms with Crippen molar-refractivity contribution in [3.63, 3.8) is 0 Å². The highest BCUT2D eigenvalue weighted by Crippen LogP contribution is 2.26. The summed E-state index contributed by atoms with van der Waals surface area (Å²) in [6.07, 6.45) is 1.76. The van der Waals surface area contributed by atoms with Gasteiger partial charge in [-0.3, -0.25) is 30.6 Å². The Bertz CT molecular complexity index is 868. The molecule has 0 fully saturated rings. The van der Waals surface area contributed by atoms with E-state index >= 15 is 0 Å². The van der Waals surface area contributed by atoms with E-state index in [9.17, 15) is 19.7 Å². The number of rotatable bonds is 5. The van der Waals surface area contributed by atoms with Gasteiger partial charge in [0.15, 0.2) is 0 Å². The third kappa shape index (κ3) is 4.60. The standard InChI is InChI=1S/C19H20N4O4/c24-18(12-15-7-2-4-10-17(15)23(26)27)20-21-19(25)13-22-11-5-8-14-6-1-3-9-16(14)22/h1-4,6-7,9-10H,5,8,11-13H2,(H,20,24)(H,21,25). The van der Waals surface area contributed by atoms with Gasteiger partial charge in [0.25, 0.3) is 11.6 Å². The van der Waals surface area contributed by atoms with Crippen LogP contribution in [0.5, 0.6) is 0 Å². The molecule has 140 valence electrons. The van der Waals surface area contributed by atoms with Crippen LogP contribution in [-0.4, -0.2) is 29.8 Å². The second-order valence-corrected chi connectivity index (χ2v) is 6.31. The summed E-state index contributed by atoms with van der Waals surface area (Å²) in [6.45, 7) is 0.900. The van der Waals surface area contributed by atoms with Gasteiger partial charge in [-0.25, -0.2) is 0 Å². The van der Waals surface area contributed by atoms with E-state index in [-0.39, 0.29) is 24.6 Å². The van der Waals surface area contributed by atoms with Crippen LogP contribution in [0.3, 0.4) is 0 Å². The van der Waals surface area contributed by atoms with E-state index in [0.29, 0.717) is 5.56 Å². The van der Waals surface area contributed by atoms with E-state index in [0.717, 1.165) is 25.1 Å². The Morgan fingerprint density at radius 2 is 1.74 bits per heavy atom. The van der Waals surface area contributed by atoms with Crippen LogP contribution in [0.4, 0.5) is 11.4 Å². The molecule has 0 atom stereocenters. The number of benzene rings is 2. The zero-order valence-electron chi connectivity index (χ0n) is 14.7. The van der Waals surface area contributed by atoms with Gasteiger partial charge >= 0.3 is 0 Å². The molecule has 2 amide bonds. The predicted octanol–water partition coefficient (Wildman–Crippen LogP) is 1.74. The number of carbonyl (C=O) groups is 2. The number of carbonyl (C=O) groups excluding carboxylic acids is 2. The minimum Gasteiger partial charge on any atom is -0.362 e. The van der Waals surface area contributed by atoms with Crippen molar-refractivity contribution >= 4 is 23.2 Å². The van der Waals surface area contributed by atoms with Crippen molar-refractivity contribution in [2.75, 3.05) is 18.0 Å². The topological polar surface area (TPSA) is 105 Å². The molecule has 0 radical (unpaired) electrons. The Kier molecular flexibility index (Phi) is 5.65. The molecule has 3 rings (SSSR count). The molecule has 1 heterocycles. The summed E-state index contributed by atoms with van der Waals surface area (Å²) in [5, 5.41) is 11.0. The van der Waals surface area contributed by atoms with Gasteiger partial charge in [0.1, 0.15) is 0 Å². The Balaban J connectivity index is 1.53. The first-order chi connectivity index (χ1) is 13.0. The van der Waals surface area contributed by atoms with Crippen molar-refractivity contribution < 1.29 is 14.5 Å². The Morgan fingerprint density at radius 3 is 2.56 bits per heavy atom. The van der Waals surface area contributed by atoms with Crippen LogP contribution >= 0.6 is 0 Å². The largest absolute Gasteiger partial charge is 0.362 e. The molecule has 0 bridgehead atoms. The SMILES string of the molecule is O=C(Cc1ccccc1[N+](=O)[O-])NNC(=O)CN1CCCc2ccccc21. The first-order valence-electron chi connectivity index (χ1n) is 8.67. The zero-order chi connectivity index (χ0) is 19.2. The summed E-state index contributed by atoms with van der Waals surface area (Å²) >= 11 is 0. The first-order valence-corrected chi connectivity index (χ1v) is 8.67. The van der Waals surface area contributed by atoms with Gasteiger partial charge in [0, 0.05) is 23.9 Å². The number of para-hydroxylation sites is 2. The molecule has 0 aromatic heterocycles. The molecular formula is C19H20N4O4. The molecule has 27 heavy (non-hydrogen) atoms. The van der Waals surface area contributed by atoms with Crippen molar-refractivity contribution in [3.05, 3.63) is 69.8 Å². The molecule has 0 aliphatic carbocycles. The molecule has 2 aromatic carbocycles. The molecule has 0 saturated heterocycles. The third-order valence-corrected chi connectivity index (χ3v) is 4.42. The Labute approximate surface area is 156 Å². The molecule has 0 spiro atoms. The van der Waals surface area contributed by atoms with Gasteiger partial charge in [-0.2, -0.15) is 0 Å². The van der Waals surface area contributed by atoms with E-state index in [2.05, 4.69) is 10.9 Å². The lowest BCUT2D eigenvalue weighted by Gasteiger charge is -2.30. The summed E-state index contributed by atoms with van der Waals surface area (Å²) in [5.41, 5.74) is 7.11. The molecule has 8 nitrogen and oxygen atoms in total. The number of hydrogen-bond donors (Lipinski definition) is 2. The van der Waals surface area contributed by atoms with Gasteiger partial charge in [-0.15, -0.1) is 0 Å². The van der Waals surface area contributed by atoms with Crippen molar-refractivity contribution in [2.24, 2.45) is 0 Å². The molecule has 2 aromatic rings. The predicted molar refractivity (Wildman–Crippen MR) is 100 cm³/mol. The van der Waals surface area contributed by atoms with Crippen LogP contribution in [0.2, 0.25) is 0 Å². The normalized spacial score (nSPS) is 12.8. The number of nitrogens with one attached hydrogen (secondary N) is 2. The summed E-state index contributed by atoms with van der Waals surface area (Å²) in [4.78, 5) is 36.6. The molecule has 0 saturated carbocycles. The van der Waals surface area contributed by atoms with Gasteiger partial charge < -0.3 is 4.90 Å². The number of fused-ring (bicyclic) bond motifs is 1. The zero-order valence-corrected chi connectivity index (χ0v) is 14.7. The number of aryl methyl sites for hydroxylation is 1. The first kappa shape index (κ1) is 18.4. The fourth-order valence-electron chi connectivity index (χ4n) is 3.18. The number of nitrogens with zero attached hydrogens (tertiary/aromatic N) is 2. The Hall–Kier alpha value is -3.42. The third-order valence-electron chi connectivity index (χ3n) is 4.42. The number of anilines is 1. The van der Waals surface area contributed by atoms with Gasteiger partial charge in [-0.05, 0) is 24.5 Å². The van der Waals surface area contributed by atoms with E-state index in [1.54, 1.807) is 6.07 Å². The van der Waals surface area contributed by atoms with Crippen molar-refractivity contribution in [1.82, 2.24) is 10.9 Å². The highest BCUT2D eigenvalue weighted by atomic mass is 16.6. The van der Waals surface area contributed by atoms with Gasteiger partial charge in [-0.1, -0.05) is 36.4 Å². The highest BCUT2D eigenvalue weighted by Gasteiger charge is 2.19. The maximum Gasteiger partial charge on any atom is 0.273 e. The summed E-state index contributed by atoms with van der Waals surface area (Å²) in [7, 11) is 0. The average molecular weight is 368 g/mol. The maximum absolute atomic E-state index is 12.2. The molecule has 1 aliphatic rings. The maximum atomic E-state index is 12.2. The van der Waals surface area contributed by atoms with E-state index in [1.165, 1.54) is 23.8 Å². The van der Waals surface area contributed by atoms with E-state index in [4.69, 9.17) is 0 Å². The number of amides is 2. The lowest BCUT2D eigenvalue weighted by atomic mass is 10.0. The number of hydrogen-bond acceptors (Lipinski definition) is 5. The lowest BCUT2D eigenvalue weighted by Crippen LogP contribution is -2.47. The van der Waals surface area contributed by atoms with Crippen molar-refractivity contribution in [3.8, 4) is 0 Å². The van der Waals surface area contributed by atoms with Gasteiger partial charge in [0.05, 0.1) is 17.9 Å². The lowest BCUT2D eigenvalue weighted by molar-refractivity contribution is -0.385. The van der Waals surface area contributed by atoms with Crippen molar-refractivity contribution in [1.29, 1.82) is 0 Å². The van der Waals surface area contributed by atoms with Crippen LogP contribution in [-0.2, 0) is 22.4 Å². The molecular weight excluding hydrogens is 348 g/mol. The number of hydrazine groups is 1. The average Bonchev–Trinajstić information content (AvgIpc) is 2.67. The summed E-state index contributed by atoms with van der Waals surface area (Å²) in [5.74, 6) is -0.862. The second kappa shape index (κ2) is 8.31. The monoisotopic (exact) mass is 368 g/mol. The van der Waals surface area contributed by atoms with Crippen LogP contribution in [0.25, 0.3) is 0 Å². The van der Waals surface area contributed by atoms with E-state index in [1.807, 2.05) is 29.2 Å². The fourth-order valence-corrected chi connectivity index (χ4v) is 3.18. The van der Waals surface area contributed by atoms with Crippen LogP contribution in [0, 0.1) is 10.1 Å². The van der Waals surface area contributed by atoms with Crippen LogP contribution in [0.1, 0.15) is 17.5 Å². The minimum atomic E-state index is -0.533. The number of nitro groups is 1. The van der Waals surface area contributed by atoms with Crippen molar-refractivity contribution in [2.45, 2.75) is 19.3 Å². The fraction of sp³-hybridized carbons (Fsp3) is 0.263. The van der Waals surface area contributed by atoms with Crippen LogP contribution in [0.15, 0.2) is 48.5 Å². The van der Waals surface area contributed by atoms with E-state index < -0.39 is 10.8 Å². The smallest absolute Gasteiger partial charge is 0.273 e. The molecule has 2 N–H and O–H groups in total. The summed E-state index contributed by atoms with van der Waals surface area (Å²) < 4.78 is 0. The van der Waals surface area contributed by atoms with Gasteiger partial charge in [0.2, 0.25) is 5.91 Å². The molecule has 0 unspecified atom stereocenters. The second-order valence-electron chi connectivity index (χ2n) is 6.31. The van der Waals surface area contributed by atoms with Crippen LogP contribution < -0.4 is 15.8 Å². The minimum absolute atomic E-state index is 0.121. The highest BCUT2D eigenvalue weighted by molar-refractivity contribution is 5.86. The quantitative estimate of drug-likeness (QED) is 0.618. The molecule has 8 heteroatoms. The molecule has 1 aliphatic heterocycles. The summed E-state index contributed by atoms with van der Waals surface area (Å²) in [6, 6.07) is 14.0. The Morgan fingerprint density at radius 1 is 1.04 bits per heavy atom.